The van der Waals surface area contributed by atoms with Crippen molar-refractivity contribution in [3.8, 4) is 0 Å². The van der Waals surface area contributed by atoms with Crippen molar-refractivity contribution in [2.24, 2.45) is 0 Å². The quantitative estimate of drug-likeness (QED) is 0.748. The highest BCUT2D eigenvalue weighted by atomic mass is 32.1. The van der Waals surface area contributed by atoms with Gasteiger partial charge in [0, 0.05) is 31.5 Å². The van der Waals surface area contributed by atoms with Crippen LogP contribution >= 0.6 is 11.3 Å². The van der Waals surface area contributed by atoms with Crippen molar-refractivity contribution in [2.75, 3.05) is 26.8 Å². The Kier molecular flexibility index (Phi) is 6.15. The van der Waals surface area contributed by atoms with Gasteiger partial charge in [-0.1, -0.05) is 0 Å². The molecule has 0 aliphatic heterocycles. The van der Waals surface area contributed by atoms with Gasteiger partial charge in [-0.05, 0) is 20.3 Å². The highest BCUT2D eigenvalue weighted by molar-refractivity contribution is 7.09. The summed E-state index contributed by atoms with van der Waals surface area (Å²) in [6.45, 7) is 5.99. The number of hydrogen-bond donors (Lipinski definition) is 0. The molecule has 0 unspecified atom stereocenters. The molecule has 0 atom stereocenters. The minimum Gasteiger partial charge on any atom is -0.383 e. The van der Waals surface area contributed by atoms with Gasteiger partial charge in [0.05, 0.1) is 17.8 Å². The maximum absolute atomic E-state index is 11.9. The summed E-state index contributed by atoms with van der Waals surface area (Å²) in [6, 6.07) is 0. The lowest BCUT2D eigenvalue weighted by Crippen LogP contribution is -2.33. The van der Waals surface area contributed by atoms with Crippen molar-refractivity contribution >= 4 is 17.2 Å². The molecule has 0 radical (unpaired) electrons. The first-order valence-electron chi connectivity index (χ1n) is 5.84. The Morgan fingerprint density at radius 3 is 2.88 bits per heavy atom. The Morgan fingerprint density at radius 1 is 1.59 bits per heavy atom. The lowest BCUT2D eigenvalue weighted by atomic mass is 10.2. The first kappa shape index (κ1) is 14.1. The van der Waals surface area contributed by atoms with E-state index in [9.17, 15) is 4.79 Å². The Bertz CT molecular complexity index is 352. The minimum atomic E-state index is 0.192. The van der Waals surface area contributed by atoms with E-state index in [1.807, 2.05) is 24.3 Å². The number of aryl methyl sites for hydroxylation is 2. The van der Waals surface area contributed by atoms with Crippen LogP contribution in [0.2, 0.25) is 0 Å². The number of ether oxygens (including phenoxy) is 1. The van der Waals surface area contributed by atoms with Crippen LogP contribution in [-0.4, -0.2) is 42.6 Å². The average Bonchev–Trinajstić information content (AvgIpc) is 2.73. The third-order valence-corrected chi connectivity index (χ3v) is 3.71. The molecule has 1 aromatic heterocycles. The first-order chi connectivity index (χ1) is 8.19. The van der Waals surface area contributed by atoms with E-state index < -0.39 is 0 Å². The molecule has 0 saturated heterocycles. The fourth-order valence-electron chi connectivity index (χ4n) is 1.61. The van der Waals surface area contributed by atoms with Gasteiger partial charge in [0.25, 0.3) is 0 Å². The predicted octanol–water partition coefficient (Wildman–Crippen LogP) is 1.88. The fraction of sp³-hybridized carbons (Fsp3) is 0.667. The number of methoxy groups -OCH3 is 1. The summed E-state index contributed by atoms with van der Waals surface area (Å²) in [7, 11) is 1.65. The zero-order chi connectivity index (χ0) is 12.7. The monoisotopic (exact) mass is 256 g/mol. The summed E-state index contributed by atoms with van der Waals surface area (Å²) >= 11 is 1.62. The summed E-state index contributed by atoms with van der Waals surface area (Å²) in [5.74, 6) is 0.192. The molecule has 0 saturated carbocycles. The van der Waals surface area contributed by atoms with Crippen LogP contribution in [0.1, 0.15) is 23.9 Å². The molecule has 0 aromatic carbocycles. The van der Waals surface area contributed by atoms with E-state index in [2.05, 4.69) is 4.98 Å². The number of amides is 1. The number of aromatic nitrogens is 1. The molecule has 0 spiro atoms. The molecule has 1 rings (SSSR count). The Labute approximate surface area is 107 Å². The molecule has 5 heteroatoms. The highest BCUT2D eigenvalue weighted by Crippen LogP contribution is 2.14. The number of rotatable bonds is 7. The standard InChI is InChI=1S/C12H20N2O2S/c1-4-14(7-8-16-3)12(15)6-5-11-10(2)13-9-17-11/h9H,4-8H2,1-3H3. The number of likely N-dealkylation sites (N-methyl/N-ethyl adjacent to an activating group) is 1. The molecule has 0 aliphatic carbocycles. The van der Waals surface area contributed by atoms with Crippen LogP contribution in [0.3, 0.4) is 0 Å². The lowest BCUT2D eigenvalue weighted by molar-refractivity contribution is -0.131. The number of nitrogens with zero attached hydrogens (tertiary/aromatic N) is 2. The van der Waals surface area contributed by atoms with Crippen LogP contribution in [0.15, 0.2) is 5.51 Å². The second-order valence-electron chi connectivity index (χ2n) is 3.83. The second kappa shape index (κ2) is 7.40. The number of carbonyl (C=O) groups is 1. The summed E-state index contributed by atoms with van der Waals surface area (Å²) in [5, 5.41) is 0. The maximum Gasteiger partial charge on any atom is 0.223 e. The molecule has 0 fully saturated rings. The number of hydrogen-bond acceptors (Lipinski definition) is 4. The molecular formula is C12H20N2O2S. The molecule has 0 N–H and O–H groups in total. The van der Waals surface area contributed by atoms with E-state index in [1.54, 1.807) is 18.4 Å². The van der Waals surface area contributed by atoms with E-state index in [0.29, 0.717) is 19.6 Å². The van der Waals surface area contributed by atoms with E-state index in [-0.39, 0.29) is 5.91 Å². The average molecular weight is 256 g/mol. The zero-order valence-electron chi connectivity index (χ0n) is 10.7. The third kappa shape index (κ3) is 4.44. The first-order valence-corrected chi connectivity index (χ1v) is 6.72. The van der Waals surface area contributed by atoms with Crippen LogP contribution in [0.25, 0.3) is 0 Å². The Balaban J connectivity index is 2.39. The Hall–Kier alpha value is -0.940. The van der Waals surface area contributed by atoms with Gasteiger partial charge >= 0.3 is 0 Å². The summed E-state index contributed by atoms with van der Waals surface area (Å²) in [6.07, 6.45) is 1.35. The van der Waals surface area contributed by atoms with E-state index in [4.69, 9.17) is 4.74 Å². The minimum absolute atomic E-state index is 0.192. The largest absolute Gasteiger partial charge is 0.383 e. The van der Waals surface area contributed by atoms with Crippen molar-refractivity contribution in [2.45, 2.75) is 26.7 Å². The molecule has 1 heterocycles. The van der Waals surface area contributed by atoms with Gasteiger partial charge in [-0.15, -0.1) is 11.3 Å². The zero-order valence-corrected chi connectivity index (χ0v) is 11.5. The van der Waals surface area contributed by atoms with E-state index >= 15 is 0 Å². The van der Waals surface area contributed by atoms with Gasteiger partial charge in [0.15, 0.2) is 0 Å². The number of thiazole rings is 1. The molecule has 1 amide bonds. The van der Waals surface area contributed by atoms with Crippen LogP contribution in [-0.2, 0) is 16.0 Å². The van der Waals surface area contributed by atoms with E-state index in [1.165, 1.54) is 4.88 Å². The van der Waals surface area contributed by atoms with Gasteiger partial charge in [0.2, 0.25) is 5.91 Å². The van der Waals surface area contributed by atoms with Crippen LogP contribution in [0, 0.1) is 6.92 Å². The van der Waals surface area contributed by atoms with Crippen molar-refractivity contribution in [3.63, 3.8) is 0 Å². The summed E-state index contributed by atoms with van der Waals surface area (Å²) in [5.41, 5.74) is 2.88. The molecule has 17 heavy (non-hydrogen) atoms. The third-order valence-electron chi connectivity index (χ3n) is 2.71. The molecule has 4 nitrogen and oxygen atoms in total. The van der Waals surface area contributed by atoms with Gasteiger partial charge in [0.1, 0.15) is 0 Å². The second-order valence-corrected chi connectivity index (χ2v) is 4.77. The Morgan fingerprint density at radius 2 is 2.35 bits per heavy atom. The van der Waals surface area contributed by atoms with Gasteiger partial charge in [-0.3, -0.25) is 4.79 Å². The number of carbonyl (C=O) groups excluding carboxylic acids is 1. The van der Waals surface area contributed by atoms with Crippen molar-refractivity contribution in [3.05, 3.63) is 16.1 Å². The summed E-state index contributed by atoms with van der Waals surface area (Å²) < 4.78 is 4.99. The van der Waals surface area contributed by atoms with E-state index in [0.717, 1.165) is 18.7 Å². The summed E-state index contributed by atoms with van der Waals surface area (Å²) in [4.78, 5) is 19.2. The fourth-order valence-corrected chi connectivity index (χ4v) is 2.39. The van der Waals surface area contributed by atoms with Crippen LogP contribution in [0.4, 0.5) is 0 Å². The van der Waals surface area contributed by atoms with Gasteiger partial charge in [-0.2, -0.15) is 0 Å². The molecule has 96 valence electrons. The normalized spacial score (nSPS) is 10.5. The molecule has 0 bridgehead atoms. The topological polar surface area (TPSA) is 42.4 Å². The van der Waals surface area contributed by atoms with Crippen molar-refractivity contribution in [1.82, 2.24) is 9.88 Å². The molecule has 1 aromatic rings. The molecular weight excluding hydrogens is 236 g/mol. The van der Waals surface area contributed by atoms with Crippen molar-refractivity contribution < 1.29 is 9.53 Å². The lowest BCUT2D eigenvalue weighted by Gasteiger charge is -2.20. The van der Waals surface area contributed by atoms with Crippen LogP contribution < -0.4 is 0 Å². The molecule has 0 aliphatic rings. The SMILES string of the molecule is CCN(CCOC)C(=O)CCc1scnc1C. The maximum atomic E-state index is 11.9. The van der Waals surface area contributed by atoms with Gasteiger partial charge in [-0.25, -0.2) is 4.98 Å². The van der Waals surface area contributed by atoms with Gasteiger partial charge < -0.3 is 9.64 Å². The smallest absolute Gasteiger partial charge is 0.223 e. The van der Waals surface area contributed by atoms with Crippen molar-refractivity contribution in [1.29, 1.82) is 0 Å². The highest BCUT2D eigenvalue weighted by Gasteiger charge is 2.12. The van der Waals surface area contributed by atoms with Crippen LogP contribution in [0.5, 0.6) is 0 Å². The predicted molar refractivity (Wildman–Crippen MR) is 69.3 cm³/mol.